The van der Waals surface area contributed by atoms with Crippen LogP contribution in [-0.2, 0) is 11.3 Å². The van der Waals surface area contributed by atoms with Crippen LogP contribution in [0.1, 0.15) is 38.0 Å². The van der Waals surface area contributed by atoms with Crippen molar-refractivity contribution in [3.8, 4) is 11.4 Å². The van der Waals surface area contributed by atoms with E-state index in [4.69, 9.17) is 15.5 Å². The largest absolute Gasteiger partial charge is 0.441 e. The quantitative estimate of drug-likeness (QED) is 0.305. The van der Waals surface area contributed by atoms with Gasteiger partial charge in [-0.1, -0.05) is 45.0 Å². The number of amides is 1. The maximum Gasteiger partial charge on any atom is 0.405 e. The van der Waals surface area contributed by atoms with Crippen molar-refractivity contribution in [3.63, 3.8) is 0 Å². The van der Waals surface area contributed by atoms with Crippen molar-refractivity contribution in [1.82, 2.24) is 24.8 Å². The first-order chi connectivity index (χ1) is 18.6. The molecule has 4 aromatic rings. The zero-order valence-electron chi connectivity index (χ0n) is 22.1. The number of ether oxygens (including phenoxy) is 1. The fraction of sp³-hybridized carbons (Fsp3) is 0.357. The third kappa shape index (κ3) is 6.04. The van der Waals surface area contributed by atoms with Crippen LogP contribution in [-0.4, -0.2) is 57.1 Å². The average Bonchev–Trinajstić information content (AvgIpc) is 3.32. The first-order valence-electron chi connectivity index (χ1n) is 12.8. The molecule has 1 aromatic carbocycles. The molecule has 0 saturated carbocycles. The Labute approximate surface area is 234 Å². The lowest BCUT2D eigenvalue weighted by atomic mass is 9.84. The number of pyridine rings is 2. The molecule has 0 spiro atoms. The predicted octanol–water partition coefficient (Wildman–Crippen LogP) is 5.43. The SMILES string of the molecule is CC(C)(C)C(OC(N)=O)c1ccc(-c2nc3ncc(Br)c(N4CCN(Cc5cncc(F)c5)CC4)c3[nH]2)cc1. The van der Waals surface area contributed by atoms with E-state index in [1.165, 1.54) is 12.3 Å². The van der Waals surface area contributed by atoms with E-state index in [1.807, 2.05) is 45.0 Å². The molecular formula is C28H31BrFN7O2. The van der Waals surface area contributed by atoms with Crippen LogP contribution in [0.3, 0.4) is 0 Å². The number of aromatic nitrogens is 4. The summed E-state index contributed by atoms with van der Waals surface area (Å²) in [5, 5.41) is 0. The number of carbonyl (C=O) groups excluding carboxylic acids is 1. The smallest absolute Gasteiger partial charge is 0.405 e. The monoisotopic (exact) mass is 595 g/mol. The number of rotatable bonds is 6. The summed E-state index contributed by atoms with van der Waals surface area (Å²) in [4.78, 5) is 32.8. The van der Waals surface area contributed by atoms with E-state index in [-0.39, 0.29) is 11.2 Å². The van der Waals surface area contributed by atoms with Crippen LogP contribution in [0.25, 0.3) is 22.6 Å². The van der Waals surface area contributed by atoms with E-state index < -0.39 is 12.2 Å². The standard InChI is InChI=1S/C28H31BrFN7O2/c1-28(2,3)24(39-27(31)38)18-4-6-19(7-5-18)25-34-22-23(21(29)15-33-26(22)35-25)37-10-8-36(9-11-37)16-17-12-20(30)14-32-13-17/h4-7,12-15,24H,8-11,16H2,1-3H3,(H2,31,38)(H,33,34,35). The molecule has 1 aliphatic heterocycles. The summed E-state index contributed by atoms with van der Waals surface area (Å²) in [7, 11) is 0. The molecule has 1 unspecified atom stereocenters. The minimum atomic E-state index is -0.799. The van der Waals surface area contributed by atoms with Crippen molar-refractivity contribution < 1.29 is 13.9 Å². The zero-order chi connectivity index (χ0) is 27.7. The van der Waals surface area contributed by atoms with Gasteiger partial charge in [-0.3, -0.25) is 9.88 Å². The third-order valence-electron chi connectivity index (χ3n) is 6.81. The Hall–Kier alpha value is -3.57. The van der Waals surface area contributed by atoms with Crippen molar-refractivity contribution in [2.45, 2.75) is 33.4 Å². The van der Waals surface area contributed by atoms with Gasteiger partial charge in [0.05, 0.1) is 16.4 Å². The summed E-state index contributed by atoms with van der Waals surface area (Å²) < 4.78 is 19.8. The zero-order valence-corrected chi connectivity index (χ0v) is 23.7. The van der Waals surface area contributed by atoms with Gasteiger partial charge in [-0.15, -0.1) is 0 Å². The molecule has 9 nitrogen and oxygen atoms in total. The topological polar surface area (TPSA) is 113 Å². The number of hydrogen-bond donors (Lipinski definition) is 2. The maximum atomic E-state index is 13.5. The van der Waals surface area contributed by atoms with Gasteiger partial charge in [0.15, 0.2) is 5.65 Å². The van der Waals surface area contributed by atoms with Crippen LogP contribution < -0.4 is 10.6 Å². The molecule has 1 fully saturated rings. The number of H-pyrrole nitrogens is 1. The van der Waals surface area contributed by atoms with Gasteiger partial charge in [-0.2, -0.15) is 0 Å². The maximum absolute atomic E-state index is 13.5. The van der Waals surface area contributed by atoms with Crippen LogP contribution in [0.5, 0.6) is 0 Å². The molecule has 1 aliphatic rings. The molecule has 3 aromatic heterocycles. The van der Waals surface area contributed by atoms with E-state index in [2.05, 4.69) is 40.7 Å². The number of nitrogens with zero attached hydrogens (tertiary/aromatic N) is 5. The molecule has 0 radical (unpaired) electrons. The van der Waals surface area contributed by atoms with Gasteiger partial charge in [0.2, 0.25) is 0 Å². The number of benzene rings is 1. The van der Waals surface area contributed by atoms with Gasteiger partial charge in [-0.25, -0.2) is 19.2 Å². The van der Waals surface area contributed by atoms with Crippen LogP contribution in [0.15, 0.2) is 53.4 Å². The highest BCUT2D eigenvalue weighted by Gasteiger charge is 2.30. The molecule has 1 saturated heterocycles. The fourth-order valence-corrected chi connectivity index (χ4v) is 5.53. The molecular weight excluding hydrogens is 565 g/mol. The number of imidazole rings is 1. The van der Waals surface area contributed by atoms with Crippen LogP contribution >= 0.6 is 15.9 Å². The highest BCUT2D eigenvalue weighted by Crippen LogP contribution is 2.38. The molecule has 1 amide bonds. The van der Waals surface area contributed by atoms with Crippen molar-refractivity contribution in [3.05, 3.63) is 70.3 Å². The molecule has 11 heteroatoms. The van der Waals surface area contributed by atoms with Crippen molar-refractivity contribution in [2.24, 2.45) is 11.1 Å². The summed E-state index contributed by atoms with van der Waals surface area (Å²) >= 11 is 3.69. The van der Waals surface area contributed by atoms with Gasteiger partial charge in [-0.05, 0) is 33.1 Å². The lowest BCUT2D eigenvalue weighted by Crippen LogP contribution is -2.46. The minimum absolute atomic E-state index is 0.313. The van der Waals surface area contributed by atoms with Crippen LogP contribution in [0.4, 0.5) is 14.9 Å². The van der Waals surface area contributed by atoms with E-state index in [1.54, 1.807) is 12.4 Å². The Morgan fingerprint density at radius 3 is 2.51 bits per heavy atom. The lowest BCUT2D eigenvalue weighted by Gasteiger charge is -2.36. The summed E-state index contributed by atoms with van der Waals surface area (Å²) in [6.07, 6.45) is 3.45. The molecule has 1 atom stereocenters. The predicted molar refractivity (Wildman–Crippen MR) is 152 cm³/mol. The lowest BCUT2D eigenvalue weighted by molar-refractivity contribution is 0.0360. The second-order valence-electron chi connectivity index (χ2n) is 10.8. The number of nitrogens with one attached hydrogen (secondary N) is 1. The second-order valence-corrected chi connectivity index (χ2v) is 11.7. The van der Waals surface area contributed by atoms with Gasteiger partial charge < -0.3 is 20.4 Å². The fourth-order valence-electron chi connectivity index (χ4n) is 4.97. The normalized spacial score (nSPS) is 15.5. The van der Waals surface area contributed by atoms with Gasteiger partial charge in [0.1, 0.15) is 23.3 Å². The van der Waals surface area contributed by atoms with Crippen molar-refractivity contribution >= 4 is 38.9 Å². The Bertz CT molecular complexity index is 1480. The number of carbonyl (C=O) groups is 1. The molecule has 0 bridgehead atoms. The van der Waals surface area contributed by atoms with E-state index in [0.29, 0.717) is 18.0 Å². The highest BCUT2D eigenvalue weighted by molar-refractivity contribution is 9.10. The highest BCUT2D eigenvalue weighted by atomic mass is 79.9. The average molecular weight is 597 g/mol. The van der Waals surface area contributed by atoms with Crippen LogP contribution in [0, 0.1) is 11.2 Å². The number of halogens is 2. The van der Waals surface area contributed by atoms with Gasteiger partial charge >= 0.3 is 6.09 Å². The number of anilines is 1. The van der Waals surface area contributed by atoms with Gasteiger partial charge in [0, 0.05) is 56.1 Å². The summed E-state index contributed by atoms with van der Waals surface area (Å²) in [6.45, 7) is 9.92. The Balaban J connectivity index is 1.36. The number of primary amides is 1. The van der Waals surface area contributed by atoms with E-state index in [9.17, 15) is 9.18 Å². The molecule has 5 rings (SSSR count). The Morgan fingerprint density at radius 1 is 1.15 bits per heavy atom. The molecule has 0 aliphatic carbocycles. The van der Waals surface area contributed by atoms with E-state index in [0.717, 1.165) is 58.5 Å². The summed E-state index contributed by atoms with van der Waals surface area (Å²) in [5.41, 5.74) is 10.1. The number of hydrogen-bond acceptors (Lipinski definition) is 7. The minimum Gasteiger partial charge on any atom is -0.441 e. The number of fused-ring (bicyclic) bond motifs is 1. The Kier molecular flexibility index (Phi) is 7.55. The summed E-state index contributed by atoms with van der Waals surface area (Å²) in [6, 6.07) is 9.29. The molecule has 204 valence electrons. The van der Waals surface area contributed by atoms with E-state index >= 15 is 0 Å². The number of nitrogens with two attached hydrogens (primary N) is 1. The van der Waals surface area contributed by atoms with Gasteiger partial charge in [0.25, 0.3) is 0 Å². The number of aromatic amines is 1. The Morgan fingerprint density at radius 2 is 1.87 bits per heavy atom. The number of piperazine rings is 1. The van der Waals surface area contributed by atoms with Crippen molar-refractivity contribution in [1.29, 1.82) is 0 Å². The third-order valence-corrected chi connectivity index (χ3v) is 7.39. The molecule has 3 N–H and O–H groups in total. The second kappa shape index (κ2) is 10.9. The summed E-state index contributed by atoms with van der Waals surface area (Å²) in [5.74, 6) is 0.385. The van der Waals surface area contributed by atoms with Crippen molar-refractivity contribution in [2.75, 3.05) is 31.1 Å². The molecule has 39 heavy (non-hydrogen) atoms. The van der Waals surface area contributed by atoms with Crippen LogP contribution in [0.2, 0.25) is 0 Å². The first-order valence-corrected chi connectivity index (χ1v) is 13.5. The molecule has 4 heterocycles. The first kappa shape index (κ1) is 27.0.